The maximum absolute atomic E-state index is 12.3. The second-order valence-electron chi connectivity index (χ2n) is 6.00. The molecule has 0 fully saturated rings. The van der Waals surface area contributed by atoms with Crippen molar-refractivity contribution in [1.82, 2.24) is 29.5 Å². The maximum Gasteiger partial charge on any atom is 0.227 e. The van der Waals surface area contributed by atoms with Gasteiger partial charge in [0.2, 0.25) is 5.91 Å². The lowest BCUT2D eigenvalue weighted by Gasteiger charge is -2.06. The van der Waals surface area contributed by atoms with Crippen LogP contribution >= 0.6 is 23.6 Å². The van der Waals surface area contributed by atoms with Crippen LogP contribution in [0.25, 0.3) is 10.7 Å². The van der Waals surface area contributed by atoms with Gasteiger partial charge in [0.1, 0.15) is 0 Å². The van der Waals surface area contributed by atoms with Gasteiger partial charge in [0.15, 0.2) is 16.4 Å². The molecule has 0 aliphatic heterocycles. The van der Waals surface area contributed by atoms with Crippen molar-refractivity contribution < 1.29 is 4.79 Å². The molecule has 8 nitrogen and oxygen atoms in total. The zero-order valence-corrected chi connectivity index (χ0v) is 16.4. The Hall–Kier alpha value is -3.11. The standard InChI is InChI=1S/C18H17N7OS2/c26-16(7-10-25-17(21-22-18(25)27)14-5-3-11-28-14)20-15-6-9-24(23-15)12-13-4-1-2-8-19-13/h1-6,8-9,11H,7,10,12H2,(H,22,27)(H,20,23,26). The fourth-order valence-electron chi connectivity index (χ4n) is 2.71. The van der Waals surface area contributed by atoms with Crippen LogP contribution < -0.4 is 5.32 Å². The fraction of sp³-hybridized carbons (Fsp3) is 0.167. The van der Waals surface area contributed by atoms with Crippen LogP contribution in [0.3, 0.4) is 0 Å². The Kier molecular flexibility index (Phi) is 5.40. The van der Waals surface area contributed by atoms with Gasteiger partial charge in [-0.05, 0) is 35.8 Å². The zero-order chi connectivity index (χ0) is 19.3. The molecule has 4 heterocycles. The summed E-state index contributed by atoms with van der Waals surface area (Å²) in [5.74, 6) is 1.12. The number of thiophene rings is 1. The molecule has 0 spiro atoms. The molecule has 4 aromatic heterocycles. The highest BCUT2D eigenvalue weighted by Crippen LogP contribution is 2.22. The van der Waals surface area contributed by atoms with E-state index in [1.165, 1.54) is 0 Å². The molecule has 2 N–H and O–H groups in total. The Bertz CT molecular complexity index is 1110. The van der Waals surface area contributed by atoms with Crippen LogP contribution in [0.2, 0.25) is 0 Å². The maximum atomic E-state index is 12.3. The summed E-state index contributed by atoms with van der Waals surface area (Å²) in [6.07, 6.45) is 3.82. The van der Waals surface area contributed by atoms with Gasteiger partial charge in [-0.2, -0.15) is 10.2 Å². The highest BCUT2D eigenvalue weighted by molar-refractivity contribution is 7.71. The molecular formula is C18H17N7OS2. The normalized spacial score (nSPS) is 10.9. The minimum absolute atomic E-state index is 0.136. The summed E-state index contributed by atoms with van der Waals surface area (Å²) in [7, 11) is 0. The number of amides is 1. The van der Waals surface area contributed by atoms with Crippen molar-refractivity contribution in [3.8, 4) is 10.7 Å². The van der Waals surface area contributed by atoms with E-state index in [0.29, 0.717) is 23.7 Å². The fourth-order valence-corrected chi connectivity index (χ4v) is 3.66. The van der Waals surface area contributed by atoms with Gasteiger partial charge in [0.05, 0.1) is 17.1 Å². The van der Waals surface area contributed by atoms with Gasteiger partial charge in [-0.15, -0.1) is 11.3 Å². The predicted octanol–water partition coefficient (Wildman–Crippen LogP) is 3.34. The summed E-state index contributed by atoms with van der Waals surface area (Å²) in [6, 6.07) is 11.4. The van der Waals surface area contributed by atoms with Gasteiger partial charge < -0.3 is 5.32 Å². The largest absolute Gasteiger partial charge is 0.309 e. The average molecular weight is 412 g/mol. The Balaban J connectivity index is 1.36. The van der Waals surface area contributed by atoms with Crippen molar-refractivity contribution in [2.45, 2.75) is 19.5 Å². The molecule has 0 saturated heterocycles. The van der Waals surface area contributed by atoms with Crippen LogP contribution in [0, 0.1) is 4.77 Å². The number of pyridine rings is 1. The quantitative estimate of drug-likeness (QED) is 0.455. The summed E-state index contributed by atoms with van der Waals surface area (Å²) in [5.41, 5.74) is 0.902. The van der Waals surface area contributed by atoms with E-state index in [-0.39, 0.29) is 12.3 Å². The summed E-state index contributed by atoms with van der Waals surface area (Å²) in [5, 5.41) is 16.2. The molecule has 4 rings (SSSR count). The number of aromatic nitrogens is 6. The Morgan fingerprint density at radius 1 is 1.25 bits per heavy atom. The minimum Gasteiger partial charge on any atom is -0.309 e. The van der Waals surface area contributed by atoms with E-state index >= 15 is 0 Å². The van der Waals surface area contributed by atoms with E-state index in [9.17, 15) is 4.79 Å². The molecule has 0 radical (unpaired) electrons. The number of nitrogens with one attached hydrogen (secondary N) is 2. The molecule has 0 saturated carbocycles. The van der Waals surface area contributed by atoms with Crippen molar-refractivity contribution in [3.63, 3.8) is 0 Å². The van der Waals surface area contributed by atoms with E-state index in [1.54, 1.807) is 28.3 Å². The van der Waals surface area contributed by atoms with Gasteiger partial charge in [-0.25, -0.2) is 0 Å². The number of hydrogen-bond acceptors (Lipinski definition) is 6. The third-order valence-corrected chi connectivity index (χ3v) is 5.20. The first kappa shape index (κ1) is 18.3. The Labute approximate surface area is 169 Å². The first-order valence-corrected chi connectivity index (χ1v) is 9.90. The number of carbonyl (C=O) groups is 1. The lowest BCUT2D eigenvalue weighted by molar-refractivity contribution is -0.116. The van der Waals surface area contributed by atoms with Crippen LogP contribution in [0.1, 0.15) is 12.1 Å². The summed E-state index contributed by atoms with van der Waals surface area (Å²) >= 11 is 6.87. The molecule has 10 heteroatoms. The van der Waals surface area contributed by atoms with Crippen molar-refractivity contribution in [2.24, 2.45) is 0 Å². The number of nitrogens with zero attached hydrogens (tertiary/aromatic N) is 5. The Morgan fingerprint density at radius 3 is 2.96 bits per heavy atom. The third kappa shape index (κ3) is 4.24. The van der Waals surface area contributed by atoms with Crippen molar-refractivity contribution >= 4 is 35.3 Å². The number of rotatable bonds is 7. The Morgan fingerprint density at radius 2 is 2.18 bits per heavy atom. The molecule has 1 amide bonds. The number of hydrogen-bond donors (Lipinski definition) is 2. The van der Waals surface area contributed by atoms with E-state index in [1.807, 2.05) is 46.5 Å². The zero-order valence-electron chi connectivity index (χ0n) is 14.8. The van der Waals surface area contributed by atoms with E-state index in [2.05, 4.69) is 25.6 Å². The molecule has 0 atom stereocenters. The summed E-state index contributed by atoms with van der Waals surface area (Å²) in [6.45, 7) is 0.980. The SMILES string of the molecule is O=C(CCn1c(-c2cccs2)n[nH]c1=S)Nc1ccn(Cc2ccccn2)n1. The van der Waals surface area contributed by atoms with Gasteiger partial charge in [0, 0.05) is 31.4 Å². The molecule has 0 aliphatic carbocycles. The molecule has 0 bridgehead atoms. The van der Waals surface area contributed by atoms with Gasteiger partial charge in [0.25, 0.3) is 0 Å². The first-order valence-electron chi connectivity index (χ1n) is 8.61. The number of aromatic amines is 1. The van der Waals surface area contributed by atoms with Crippen LogP contribution in [0.5, 0.6) is 0 Å². The molecule has 4 aromatic rings. The predicted molar refractivity (Wildman–Crippen MR) is 110 cm³/mol. The molecule has 28 heavy (non-hydrogen) atoms. The van der Waals surface area contributed by atoms with Gasteiger partial charge in [-0.1, -0.05) is 12.1 Å². The van der Waals surface area contributed by atoms with Crippen molar-refractivity contribution in [3.05, 3.63) is 64.6 Å². The molecule has 0 unspecified atom stereocenters. The van der Waals surface area contributed by atoms with Crippen LogP contribution in [0.15, 0.2) is 54.2 Å². The van der Waals surface area contributed by atoms with Gasteiger partial charge >= 0.3 is 0 Å². The summed E-state index contributed by atoms with van der Waals surface area (Å²) in [4.78, 5) is 17.6. The lowest BCUT2D eigenvalue weighted by atomic mass is 10.3. The minimum atomic E-state index is -0.136. The van der Waals surface area contributed by atoms with Crippen molar-refractivity contribution in [1.29, 1.82) is 0 Å². The lowest BCUT2D eigenvalue weighted by Crippen LogP contribution is -2.15. The summed E-state index contributed by atoms with van der Waals surface area (Å²) < 4.78 is 4.07. The first-order chi connectivity index (χ1) is 13.7. The smallest absolute Gasteiger partial charge is 0.227 e. The van der Waals surface area contributed by atoms with E-state index < -0.39 is 0 Å². The number of anilines is 1. The monoisotopic (exact) mass is 411 g/mol. The topological polar surface area (TPSA) is 93.4 Å². The van der Waals surface area contributed by atoms with Crippen LogP contribution in [-0.2, 0) is 17.9 Å². The second-order valence-corrected chi connectivity index (χ2v) is 7.33. The number of H-pyrrole nitrogens is 1. The molecule has 0 aromatic carbocycles. The van der Waals surface area contributed by atoms with Crippen LogP contribution in [-0.4, -0.2) is 35.4 Å². The third-order valence-electron chi connectivity index (χ3n) is 4.02. The molecule has 142 valence electrons. The van der Waals surface area contributed by atoms with Crippen LogP contribution in [0.4, 0.5) is 5.82 Å². The average Bonchev–Trinajstić information content (AvgIpc) is 3.43. The molecule has 0 aliphatic rings. The van der Waals surface area contributed by atoms with E-state index in [4.69, 9.17) is 12.2 Å². The van der Waals surface area contributed by atoms with Gasteiger partial charge in [-0.3, -0.25) is 24.1 Å². The second kappa shape index (κ2) is 8.28. The number of carbonyl (C=O) groups excluding carboxylic acids is 1. The van der Waals surface area contributed by atoms with E-state index in [0.717, 1.165) is 16.4 Å². The molecular weight excluding hydrogens is 394 g/mol. The highest BCUT2D eigenvalue weighted by atomic mass is 32.1. The van der Waals surface area contributed by atoms with Crippen molar-refractivity contribution in [2.75, 3.05) is 5.32 Å². The highest BCUT2D eigenvalue weighted by Gasteiger charge is 2.12.